The van der Waals surface area contributed by atoms with Crippen LogP contribution in [-0.4, -0.2) is 12.9 Å². The Morgan fingerprint density at radius 2 is 2.17 bits per heavy atom. The Labute approximate surface area is 71.2 Å². The Bertz CT molecular complexity index is 317. The molecule has 62 valence electrons. The lowest BCUT2D eigenvalue weighted by molar-refractivity contribution is 0.0812. The number of fused-ring (bicyclic) bond motifs is 1. The molecular formula is C10H10O2. The van der Waals surface area contributed by atoms with Crippen molar-refractivity contribution in [3.05, 3.63) is 35.4 Å². The Balaban J connectivity index is 2.50. The SMILES string of the molecule is CO[C@H]1CC(=O)c2ccccc21. The van der Waals surface area contributed by atoms with Crippen molar-refractivity contribution in [2.75, 3.05) is 7.11 Å². The van der Waals surface area contributed by atoms with Gasteiger partial charge in [0.25, 0.3) is 0 Å². The molecular weight excluding hydrogens is 152 g/mol. The average Bonchev–Trinajstić information content (AvgIpc) is 2.44. The molecule has 2 heteroatoms. The van der Waals surface area contributed by atoms with Gasteiger partial charge in [0, 0.05) is 19.1 Å². The summed E-state index contributed by atoms with van der Waals surface area (Å²) in [5, 5.41) is 0. The zero-order valence-electron chi connectivity index (χ0n) is 6.91. The van der Waals surface area contributed by atoms with Crippen LogP contribution in [0.1, 0.15) is 28.4 Å². The van der Waals surface area contributed by atoms with Crippen molar-refractivity contribution >= 4 is 5.78 Å². The topological polar surface area (TPSA) is 26.3 Å². The van der Waals surface area contributed by atoms with Crippen LogP contribution in [0.15, 0.2) is 24.3 Å². The number of benzene rings is 1. The molecule has 0 bridgehead atoms. The van der Waals surface area contributed by atoms with Crippen LogP contribution in [0.3, 0.4) is 0 Å². The van der Waals surface area contributed by atoms with Gasteiger partial charge in [0.05, 0.1) is 6.10 Å². The second kappa shape index (κ2) is 2.72. The van der Waals surface area contributed by atoms with Gasteiger partial charge in [-0.25, -0.2) is 0 Å². The first kappa shape index (κ1) is 7.50. The summed E-state index contributed by atoms with van der Waals surface area (Å²) in [5.41, 5.74) is 1.86. The molecule has 0 amide bonds. The second-order valence-electron chi connectivity index (χ2n) is 2.94. The fourth-order valence-electron chi connectivity index (χ4n) is 1.63. The third kappa shape index (κ3) is 0.959. The summed E-state index contributed by atoms with van der Waals surface area (Å²) in [5.74, 6) is 0.192. The normalized spacial score (nSPS) is 21.1. The van der Waals surface area contributed by atoms with E-state index in [0.29, 0.717) is 6.42 Å². The van der Waals surface area contributed by atoms with E-state index in [4.69, 9.17) is 4.74 Å². The summed E-state index contributed by atoms with van der Waals surface area (Å²) in [6.45, 7) is 0. The number of ketones is 1. The molecule has 1 atom stereocenters. The van der Waals surface area contributed by atoms with E-state index >= 15 is 0 Å². The smallest absolute Gasteiger partial charge is 0.166 e. The molecule has 2 nitrogen and oxygen atoms in total. The maximum absolute atomic E-state index is 11.4. The fourth-order valence-corrected chi connectivity index (χ4v) is 1.63. The van der Waals surface area contributed by atoms with E-state index in [1.807, 2.05) is 24.3 Å². The van der Waals surface area contributed by atoms with Gasteiger partial charge in [0.15, 0.2) is 5.78 Å². The molecule has 0 fully saturated rings. The molecule has 1 aromatic carbocycles. The number of rotatable bonds is 1. The molecule has 1 aromatic rings. The summed E-state index contributed by atoms with van der Waals surface area (Å²) in [7, 11) is 1.64. The Hall–Kier alpha value is -1.15. The van der Waals surface area contributed by atoms with Crippen LogP contribution in [0.5, 0.6) is 0 Å². The Kier molecular flexibility index (Phi) is 1.70. The molecule has 0 saturated carbocycles. The minimum Gasteiger partial charge on any atom is -0.376 e. The number of ether oxygens (including phenoxy) is 1. The van der Waals surface area contributed by atoms with Crippen LogP contribution in [0, 0.1) is 0 Å². The Morgan fingerprint density at radius 1 is 1.42 bits per heavy atom. The van der Waals surface area contributed by atoms with Gasteiger partial charge in [-0.3, -0.25) is 4.79 Å². The van der Waals surface area contributed by atoms with E-state index in [0.717, 1.165) is 11.1 Å². The van der Waals surface area contributed by atoms with E-state index in [9.17, 15) is 4.79 Å². The first-order valence-electron chi connectivity index (χ1n) is 3.98. The summed E-state index contributed by atoms with van der Waals surface area (Å²) in [4.78, 5) is 11.4. The first-order valence-corrected chi connectivity index (χ1v) is 3.98. The summed E-state index contributed by atoms with van der Waals surface area (Å²) < 4.78 is 5.19. The van der Waals surface area contributed by atoms with Crippen molar-refractivity contribution in [3.63, 3.8) is 0 Å². The zero-order chi connectivity index (χ0) is 8.55. The maximum atomic E-state index is 11.4. The largest absolute Gasteiger partial charge is 0.376 e. The monoisotopic (exact) mass is 162 g/mol. The van der Waals surface area contributed by atoms with E-state index in [1.54, 1.807) is 7.11 Å². The van der Waals surface area contributed by atoms with Gasteiger partial charge in [-0.1, -0.05) is 24.3 Å². The van der Waals surface area contributed by atoms with Gasteiger partial charge in [0.1, 0.15) is 0 Å². The average molecular weight is 162 g/mol. The van der Waals surface area contributed by atoms with Gasteiger partial charge >= 0.3 is 0 Å². The highest BCUT2D eigenvalue weighted by Gasteiger charge is 2.28. The molecule has 0 aliphatic heterocycles. The number of hydrogen-bond donors (Lipinski definition) is 0. The van der Waals surface area contributed by atoms with Crippen molar-refractivity contribution in [2.45, 2.75) is 12.5 Å². The van der Waals surface area contributed by atoms with Crippen LogP contribution in [0.4, 0.5) is 0 Å². The van der Waals surface area contributed by atoms with E-state index in [1.165, 1.54) is 0 Å². The molecule has 0 radical (unpaired) electrons. The highest BCUT2D eigenvalue weighted by atomic mass is 16.5. The molecule has 1 aliphatic rings. The van der Waals surface area contributed by atoms with Crippen molar-refractivity contribution in [3.8, 4) is 0 Å². The van der Waals surface area contributed by atoms with Crippen molar-refractivity contribution < 1.29 is 9.53 Å². The lowest BCUT2D eigenvalue weighted by Crippen LogP contribution is -1.95. The summed E-state index contributed by atoms with van der Waals surface area (Å²) in [6, 6.07) is 7.63. The quantitative estimate of drug-likeness (QED) is 0.631. The minimum absolute atomic E-state index is 0.0197. The molecule has 0 N–H and O–H groups in total. The third-order valence-corrected chi connectivity index (χ3v) is 2.26. The number of methoxy groups -OCH3 is 1. The predicted octanol–water partition coefficient (Wildman–Crippen LogP) is 1.96. The summed E-state index contributed by atoms with van der Waals surface area (Å²) >= 11 is 0. The number of carbonyl (C=O) groups excluding carboxylic acids is 1. The molecule has 0 saturated heterocycles. The molecule has 2 rings (SSSR count). The number of hydrogen-bond acceptors (Lipinski definition) is 2. The van der Waals surface area contributed by atoms with Gasteiger partial charge in [0.2, 0.25) is 0 Å². The van der Waals surface area contributed by atoms with Crippen LogP contribution in [-0.2, 0) is 4.74 Å². The van der Waals surface area contributed by atoms with Crippen molar-refractivity contribution in [1.82, 2.24) is 0 Å². The molecule has 1 aliphatic carbocycles. The number of carbonyl (C=O) groups is 1. The first-order chi connectivity index (χ1) is 5.83. The minimum atomic E-state index is -0.0197. The van der Waals surface area contributed by atoms with E-state index in [-0.39, 0.29) is 11.9 Å². The lowest BCUT2D eigenvalue weighted by atomic mass is 10.1. The summed E-state index contributed by atoms with van der Waals surface area (Å²) in [6.07, 6.45) is 0.476. The molecule has 0 aromatic heterocycles. The molecule has 12 heavy (non-hydrogen) atoms. The van der Waals surface area contributed by atoms with Crippen LogP contribution >= 0.6 is 0 Å². The van der Waals surface area contributed by atoms with Crippen LogP contribution < -0.4 is 0 Å². The Morgan fingerprint density at radius 3 is 2.92 bits per heavy atom. The molecule has 0 spiro atoms. The highest BCUT2D eigenvalue weighted by molar-refractivity contribution is 6.00. The fraction of sp³-hybridized carbons (Fsp3) is 0.300. The van der Waals surface area contributed by atoms with E-state index < -0.39 is 0 Å². The zero-order valence-corrected chi connectivity index (χ0v) is 6.91. The van der Waals surface area contributed by atoms with Crippen molar-refractivity contribution in [2.24, 2.45) is 0 Å². The lowest BCUT2D eigenvalue weighted by Gasteiger charge is -2.06. The van der Waals surface area contributed by atoms with E-state index in [2.05, 4.69) is 0 Å². The van der Waals surface area contributed by atoms with Crippen LogP contribution in [0.25, 0.3) is 0 Å². The molecule has 0 unspecified atom stereocenters. The van der Waals surface area contributed by atoms with Crippen LogP contribution in [0.2, 0.25) is 0 Å². The number of Topliss-reactive ketones (excluding diaryl/α,β-unsaturated/α-hetero) is 1. The van der Waals surface area contributed by atoms with Gasteiger partial charge in [-0.15, -0.1) is 0 Å². The predicted molar refractivity (Wildman–Crippen MR) is 45.1 cm³/mol. The van der Waals surface area contributed by atoms with Gasteiger partial charge in [-0.2, -0.15) is 0 Å². The second-order valence-corrected chi connectivity index (χ2v) is 2.94. The van der Waals surface area contributed by atoms with Gasteiger partial charge < -0.3 is 4.74 Å². The maximum Gasteiger partial charge on any atom is 0.166 e. The molecule has 0 heterocycles. The van der Waals surface area contributed by atoms with Crippen molar-refractivity contribution in [1.29, 1.82) is 0 Å². The standard InChI is InChI=1S/C10H10O2/c1-12-10-6-9(11)7-4-2-3-5-8(7)10/h2-5,10H,6H2,1H3/t10-/m0/s1. The van der Waals surface area contributed by atoms with Gasteiger partial charge in [-0.05, 0) is 5.56 Å². The third-order valence-electron chi connectivity index (χ3n) is 2.26. The highest BCUT2D eigenvalue weighted by Crippen LogP contribution is 2.32.